The van der Waals surface area contributed by atoms with Crippen LogP contribution in [0.3, 0.4) is 0 Å². The van der Waals surface area contributed by atoms with E-state index in [0.717, 1.165) is 5.56 Å². The first-order valence-corrected chi connectivity index (χ1v) is 8.40. The van der Waals surface area contributed by atoms with Crippen LogP contribution in [0.25, 0.3) is 0 Å². The van der Waals surface area contributed by atoms with Crippen LogP contribution in [0.4, 0.5) is 11.4 Å². The Bertz CT molecular complexity index is 995. The summed E-state index contributed by atoms with van der Waals surface area (Å²) in [6.45, 7) is 1.94. The highest BCUT2D eigenvalue weighted by Gasteiger charge is 2.07. The monoisotopic (exact) mass is 375 g/mol. The third kappa shape index (κ3) is 5.01. The lowest BCUT2D eigenvalue weighted by Crippen LogP contribution is -2.10. The number of nitrogens with one attached hydrogen (secondary N) is 1. The molecule has 0 saturated carbocycles. The fourth-order valence-corrected chi connectivity index (χ4v) is 2.21. The van der Waals surface area contributed by atoms with E-state index in [1.165, 1.54) is 24.3 Å². The van der Waals surface area contributed by atoms with Crippen molar-refractivity contribution in [1.29, 1.82) is 0 Å². The van der Waals surface area contributed by atoms with E-state index in [2.05, 4.69) is 15.7 Å². The maximum Gasteiger partial charge on any atom is 0.362 e. The van der Waals surface area contributed by atoms with E-state index in [4.69, 9.17) is 4.84 Å². The topological polar surface area (TPSA) is 100 Å². The summed E-state index contributed by atoms with van der Waals surface area (Å²) in [6, 6.07) is 19.3. The molecule has 0 bridgehead atoms. The highest BCUT2D eigenvalue weighted by Crippen LogP contribution is 2.18. The second-order valence-electron chi connectivity index (χ2n) is 5.96. The summed E-state index contributed by atoms with van der Waals surface area (Å²) in [7, 11) is 0. The number of anilines is 1. The van der Waals surface area contributed by atoms with Crippen LogP contribution in [-0.4, -0.2) is 17.0 Å². The minimum atomic E-state index is -0.519. The molecule has 0 unspecified atom stereocenters. The van der Waals surface area contributed by atoms with Crippen LogP contribution < -0.4 is 5.48 Å². The summed E-state index contributed by atoms with van der Waals surface area (Å²) >= 11 is 0. The molecule has 3 aromatic rings. The Labute approximate surface area is 161 Å². The number of amides is 1. The van der Waals surface area contributed by atoms with Crippen LogP contribution in [0.1, 0.15) is 26.3 Å². The van der Waals surface area contributed by atoms with Gasteiger partial charge in [0.1, 0.15) is 5.75 Å². The van der Waals surface area contributed by atoms with Gasteiger partial charge in [-0.2, -0.15) is 0 Å². The van der Waals surface area contributed by atoms with Crippen molar-refractivity contribution in [3.05, 3.63) is 89.5 Å². The van der Waals surface area contributed by atoms with Crippen molar-refractivity contribution in [2.24, 2.45) is 10.2 Å². The van der Waals surface area contributed by atoms with Crippen molar-refractivity contribution in [3.8, 4) is 5.75 Å². The molecule has 7 nitrogen and oxygen atoms in total. The fourth-order valence-electron chi connectivity index (χ4n) is 2.21. The molecule has 0 heterocycles. The third-order valence-electron chi connectivity index (χ3n) is 3.79. The molecule has 0 radical (unpaired) electrons. The molecule has 3 aromatic carbocycles. The second-order valence-corrected chi connectivity index (χ2v) is 5.96. The van der Waals surface area contributed by atoms with Gasteiger partial charge in [-0.05, 0) is 67.6 Å². The predicted molar refractivity (Wildman–Crippen MR) is 104 cm³/mol. The first-order valence-electron chi connectivity index (χ1n) is 8.40. The number of hydrogen-bond donors (Lipinski definition) is 2. The number of phenolic OH excluding ortho intramolecular Hbond substituents is 1. The number of benzene rings is 3. The average molecular weight is 375 g/mol. The molecule has 1 amide bonds. The van der Waals surface area contributed by atoms with Crippen molar-refractivity contribution in [1.82, 2.24) is 0 Å². The van der Waals surface area contributed by atoms with Crippen LogP contribution in [0.2, 0.25) is 0 Å². The number of carbonyl (C=O) groups excluding carboxylic acids is 2. The van der Waals surface area contributed by atoms with Gasteiger partial charge in [0, 0.05) is 5.56 Å². The summed E-state index contributed by atoms with van der Waals surface area (Å²) in [5.41, 5.74) is 5.39. The molecule has 0 aromatic heterocycles. The van der Waals surface area contributed by atoms with E-state index in [1.807, 2.05) is 19.1 Å². The molecule has 28 heavy (non-hydrogen) atoms. The maximum absolute atomic E-state index is 12.0. The SMILES string of the molecule is Cc1ccc(C(=O)ONc2ccc(N=NC(=O)c3ccc(O)cc3)cc2)cc1. The molecule has 7 heteroatoms. The molecular weight excluding hydrogens is 358 g/mol. The lowest BCUT2D eigenvalue weighted by atomic mass is 10.2. The molecule has 0 saturated heterocycles. The highest BCUT2D eigenvalue weighted by atomic mass is 16.7. The second kappa shape index (κ2) is 8.59. The van der Waals surface area contributed by atoms with Gasteiger partial charge in [0.05, 0.1) is 16.9 Å². The lowest BCUT2D eigenvalue weighted by Gasteiger charge is -2.07. The van der Waals surface area contributed by atoms with E-state index >= 15 is 0 Å². The van der Waals surface area contributed by atoms with Gasteiger partial charge in [-0.25, -0.2) is 10.3 Å². The highest BCUT2D eigenvalue weighted by molar-refractivity contribution is 5.94. The molecule has 0 aliphatic rings. The summed E-state index contributed by atoms with van der Waals surface area (Å²) in [4.78, 5) is 28.9. The van der Waals surface area contributed by atoms with Gasteiger partial charge in [0.2, 0.25) is 0 Å². The van der Waals surface area contributed by atoms with Crippen molar-refractivity contribution >= 4 is 23.3 Å². The smallest absolute Gasteiger partial charge is 0.362 e. The number of azo groups is 1. The Kier molecular flexibility index (Phi) is 5.76. The van der Waals surface area contributed by atoms with E-state index in [9.17, 15) is 14.7 Å². The molecule has 3 rings (SSSR count). The van der Waals surface area contributed by atoms with Gasteiger partial charge in [0.25, 0.3) is 5.91 Å². The van der Waals surface area contributed by atoms with Crippen LogP contribution in [0.5, 0.6) is 5.75 Å². The van der Waals surface area contributed by atoms with Crippen LogP contribution >= 0.6 is 0 Å². The van der Waals surface area contributed by atoms with Crippen molar-refractivity contribution in [3.63, 3.8) is 0 Å². The normalized spacial score (nSPS) is 10.6. The van der Waals surface area contributed by atoms with Gasteiger partial charge in [-0.1, -0.05) is 17.7 Å². The number of carbonyl (C=O) groups is 2. The van der Waals surface area contributed by atoms with E-state index in [-0.39, 0.29) is 5.75 Å². The minimum absolute atomic E-state index is 0.0691. The summed E-state index contributed by atoms with van der Waals surface area (Å²) in [5, 5.41) is 16.7. The van der Waals surface area contributed by atoms with E-state index in [0.29, 0.717) is 22.5 Å². The molecule has 0 spiro atoms. The van der Waals surface area contributed by atoms with Gasteiger partial charge < -0.3 is 9.94 Å². The summed E-state index contributed by atoms with van der Waals surface area (Å²) in [5.74, 6) is -0.947. The standard InChI is InChI=1S/C21H17N3O4/c1-14-2-4-16(5-3-14)21(27)28-24-18-10-8-17(9-11-18)22-23-20(26)15-6-12-19(25)13-7-15/h2-13,24-25H,1H3. The molecular formula is C21H17N3O4. The molecule has 0 atom stereocenters. The van der Waals surface area contributed by atoms with Crippen molar-refractivity contribution < 1.29 is 19.5 Å². The van der Waals surface area contributed by atoms with Crippen molar-refractivity contribution in [2.75, 3.05) is 5.48 Å². The number of nitrogens with zero attached hydrogens (tertiary/aromatic N) is 2. The lowest BCUT2D eigenvalue weighted by molar-refractivity contribution is 0.0596. The first kappa shape index (κ1) is 18.8. The van der Waals surface area contributed by atoms with E-state index in [1.54, 1.807) is 36.4 Å². The average Bonchev–Trinajstić information content (AvgIpc) is 2.72. The number of rotatable bonds is 5. The van der Waals surface area contributed by atoms with E-state index < -0.39 is 11.9 Å². The number of aryl methyl sites for hydroxylation is 1. The Morgan fingerprint density at radius 1 is 0.857 bits per heavy atom. The maximum atomic E-state index is 12.0. The van der Waals surface area contributed by atoms with Crippen molar-refractivity contribution in [2.45, 2.75) is 6.92 Å². The van der Waals surface area contributed by atoms with Crippen LogP contribution in [0, 0.1) is 6.92 Å². The molecule has 140 valence electrons. The fraction of sp³-hybridized carbons (Fsp3) is 0.0476. The largest absolute Gasteiger partial charge is 0.508 e. The zero-order valence-corrected chi connectivity index (χ0v) is 15.0. The molecule has 0 aliphatic carbocycles. The zero-order chi connectivity index (χ0) is 19.9. The Balaban J connectivity index is 1.55. The zero-order valence-electron chi connectivity index (χ0n) is 15.0. The number of hydrogen-bond acceptors (Lipinski definition) is 6. The summed E-state index contributed by atoms with van der Waals surface area (Å²) < 4.78 is 0. The Morgan fingerprint density at radius 2 is 1.46 bits per heavy atom. The number of aromatic hydroxyl groups is 1. The molecule has 2 N–H and O–H groups in total. The first-order chi connectivity index (χ1) is 13.5. The predicted octanol–water partition coefficient (Wildman–Crippen LogP) is 4.81. The third-order valence-corrected chi connectivity index (χ3v) is 3.79. The summed E-state index contributed by atoms with van der Waals surface area (Å²) in [6.07, 6.45) is 0. The van der Waals surface area contributed by atoms with Gasteiger partial charge in [0.15, 0.2) is 0 Å². The Hall–Kier alpha value is -4.00. The quantitative estimate of drug-likeness (QED) is 0.492. The van der Waals surface area contributed by atoms with Gasteiger partial charge >= 0.3 is 5.97 Å². The van der Waals surface area contributed by atoms with Gasteiger partial charge in [-0.15, -0.1) is 10.2 Å². The molecule has 0 fully saturated rings. The van der Waals surface area contributed by atoms with Crippen LogP contribution in [0.15, 0.2) is 83.0 Å². The van der Waals surface area contributed by atoms with Gasteiger partial charge in [-0.3, -0.25) is 4.79 Å². The Morgan fingerprint density at radius 3 is 2.11 bits per heavy atom. The molecule has 0 aliphatic heterocycles. The number of phenols is 1. The minimum Gasteiger partial charge on any atom is -0.508 e. The van der Waals surface area contributed by atoms with Crippen LogP contribution in [-0.2, 0) is 4.84 Å².